The molecule has 2 rings (SSSR count). The largest absolute Gasteiger partial charge is 0.312 e. The lowest BCUT2D eigenvalue weighted by molar-refractivity contribution is 0.471. The molecule has 0 bridgehead atoms. The van der Waals surface area contributed by atoms with Gasteiger partial charge in [-0.05, 0) is 38.4 Å². The number of hydrogen-bond acceptors (Lipinski definition) is 4. The number of aryl methyl sites for hydroxylation is 2. The van der Waals surface area contributed by atoms with Crippen molar-refractivity contribution in [2.45, 2.75) is 38.8 Å². The van der Waals surface area contributed by atoms with Crippen molar-refractivity contribution in [3.8, 4) is 0 Å². The molecule has 2 heterocycles. The second-order valence-electron chi connectivity index (χ2n) is 4.58. The van der Waals surface area contributed by atoms with Gasteiger partial charge in [-0.25, -0.2) is 4.68 Å². The Morgan fingerprint density at radius 3 is 2.95 bits per heavy atom. The number of nitrogens with one attached hydrogen (secondary N) is 1. The van der Waals surface area contributed by atoms with Crippen LogP contribution in [0.1, 0.15) is 37.2 Å². The first kappa shape index (κ1) is 13.7. The van der Waals surface area contributed by atoms with Crippen molar-refractivity contribution in [3.05, 3.63) is 42.0 Å². The fourth-order valence-corrected chi connectivity index (χ4v) is 2.20. The third kappa shape index (κ3) is 3.61. The summed E-state index contributed by atoms with van der Waals surface area (Å²) in [5.74, 6) is 0. The quantitative estimate of drug-likeness (QED) is 0.826. The Labute approximate surface area is 114 Å². The topological polar surface area (TPSA) is 55.6 Å². The second-order valence-corrected chi connectivity index (χ2v) is 4.58. The van der Waals surface area contributed by atoms with Crippen LogP contribution in [0, 0.1) is 0 Å². The van der Waals surface area contributed by atoms with E-state index in [4.69, 9.17) is 0 Å². The van der Waals surface area contributed by atoms with E-state index >= 15 is 0 Å². The standard InChI is InChI=1S/C14H21N5/c1-3-10-19-14(11-17-18-19)13(15-2)8-7-12-6-4-5-9-16-12/h4-6,9,11,13,15H,3,7-8,10H2,1-2H3. The highest BCUT2D eigenvalue weighted by molar-refractivity contribution is 5.07. The summed E-state index contributed by atoms with van der Waals surface area (Å²) >= 11 is 0. The Bertz CT molecular complexity index is 480. The van der Waals surface area contributed by atoms with Gasteiger partial charge in [-0.15, -0.1) is 5.10 Å². The normalized spacial score (nSPS) is 12.5. The first-order valence-electron chi connectivity index (χ1n) is 6.80. The van der Waals surface area contributed by atoms with Gasteiger partial charge in [-0.3, -0.25) is 4.98 Å². The average Bonchev–Trinajstić information content (AvgIpc) is 2.90. The molecule has 0 spiro atoms. The van der Waals surface area contributed by atoms with Crippen molar-refractivity contribution in [3.63, 3.8) is 0 Å². The zero-order chi connectivity index (χ0) is 13.5. The van der Waals surface area contributed by atoms with E-state index in [9.17, 15) is 0 Å². The summed E-state index contributed by atoms with van der Waals surface area (Å²) in [6.07, 6.45) is 6.70. The van der Waals surface area contributed by atoms with Crippen LogP contribution in [0.15, 0.2) is 30.6 Å². The molecular formula is C14H21N5. The highest BCUT2D eigenvalue weighted by Crippen LogP contribution is 2.17. The molecule has 0 saturated heterocycles. The lowest BCUT2D eigenvalue weighted by Crippen LogP contribution is -2.21. The van der Waals surface area contributed by atoms with Gasteiger partial charge in [0.25, 0.3) is 0 Å². The summed E-state index contributed by atoms with van der Waals surface area (Å²) in [4.78, 5) is 4.36. The van der Waals surface area contributed by atoms with Crippen molar-refractivity contribution in [1.82, 2.24) is 25.3 Å². The van der Waals surface area contributed by atoms with E-state index in [1.807, 2.05) is 36.3 Å². The van der Waals surface area contributed by atoms with Crippen LogP contribution in [0.4, 0.5) is 0 Å². The first-order valence-corrected chi connectivity index (χ1v) is 6.80. The van der Waals surface area contributed by atoms with E-state index in [-0.39, 0.29) is 6.04 Å². The first-order chi connectivity index (χ1) is 9.35. The molecule has 5 heteroatoms. The van der Waals surface area contributed by atoms with Crippen molar-refractivity contribution < 1.29 is 0 Å². The van der Waals surface area contributed by atoms with Crippen LogP contribution in [-0.4, -0.2) is 27.0 Å². The predicted octanol–water partition coefficient (Wildman–Crippen LogP) is 1.98. The van der Waals surface area contributed by atoms with Crippen LogP contribution in [0.2, 0.25) is 0 Å². The molecule has 0 aromatic carbocycles. The van der Waals surface area contributed by atoms with Gasteiger partial charge < -0.3 is 5.32 Å². The number of hydrogen-bond donors (Lipinski definition) is 1. The minimum atomic E-state index is 0.267. The summed E-state index contributed by atoms with van der Waals surface area (Å²) in [6, 6.07) is 6.30. The maximum absolute atomic E-state index is 4.36. The van der Waals surface area contributed by atoms with Gasteiger partial charge in [0.2, 0.25) is 0 Å². The molecule has 1 N–H and O–H groups in total. The van der Waals surface area contributed by atoms with E-state index in [1.54, 1.807) is 0 Å². The fraction of sp³-hybridized carbons (Fsp3) is 0.500. The molecule has 5 nitrogen and oxygen atoms in total. The molecule has 1 atom stereocenters. The molecule has 0 aliphatic rings. The van der Waals surface area contributed by atoms with Crippen LogP contribution in [0.25, 0.3) is 0 Å². The van der Waals surface area contributed by atoms with E-state index < -0.39 is 0 Å². The third-order valence-electron chi connectivity index (χ3n) is 3.20. The molecular weight excluding hydrogens is 238 g/mol. The van der Waals surface area contributed by atoms with E-state index in [2.05, 4.69) is 33.6 Å². The Hall–Kier alpha value is -1.75. The van der Waals surface area contributed by atoms with Gasteiger partial charge >= 0.3 is 0 Å². The smallest absolute Gasteiger partial charge is 0.0756 e. The summed E-state index contributed by atoms with van der Waals surface area (Å²) in [7, 11) is 1.98. The molecule has 1 unspecified atom stereocenters. The second kappa shape index (κ2) is 6.99. The minimum absolute atomic E-state index is 0.267. The van der Waals surface area contributed by atoms with Crippen molar-refractivity contribution in [1.29, 1.82) is 0 Å². The molecule has 0 aliphatic carbocycles. The zero-order valence-electron chi connectivity index (χ0n) is 11.6. The molecule has 0 amide bonds. The Kier molecular flexibility index (Phi) is 5.03. The summed E-state index contributed by atoms with van der Waals surface area (Å²) in [5.41, 5.74) is 2.28. The van der Waals surface area contributed by atoms with Crippen molar-refractivity contribution >= 4 is 0 Å². The SMILES string of the molecule is CCCn1nncc1C(CCc1ccccn1)NC. The highest BCUT2D eigenvalue weighted by Gasteiger charge is 2.15. The molecule has 2 aromatic rings. The summed E-state index contributed by atoms with van der Waals surface area (Å²) in [6.45, 7) is 3.06. The van der Waals surface area contributed by atoms with Gasteiger partial charge in [0.05, 0.1) is 17.9 Å². The molecule has 0 radical (unpaired) electrons. The van der Waals surface area contributed by atoms with Gasteiger partial charge in [0.1, 0.15) is 0 Å². The van der Waals surface area contributed by atoms with Crippen molar-refractivity contribution in [2.24, 2.45) is 0 Å². The number of rotatable bonds is 7. The van der Waals surface area contributed by atoms with E-state index in [0.29, 0.717) is 0 Å². The molecule has 102 valence electrons. The molecule has 0 saturated carbocycles. The van der Waals surface area contributed by atoms with E-state index in [0.717, 1.165) is 37.2 Å². The van der Waals surface area contributed by atoms with E-state index in [1.165, 1.54) is 0 Å². The Morgan fingerprint density at radius 2 is 2.26 bits per heavy atom. The van der Waals surface area contributed by atoms with Gasteiger partial charge in [-0.2, -0.15) is 0 Å². The molecule has 2 aromatic heterocycles. The van der Waals surface area contributed by atoms with Crippen LogP contribution in [0.5, 0.6) is 0 Å². The zero-order valence-corrected chi connectivity index (χ0v) is 11.6. The van der Waals surface area contributed by atoms with Crippen LogP contribution >= 0.6 is 0 Å². The van der Waals surface area contributed by atoms with Gasteiger partial charge in [0.15, 0.2) is 0 Å². The monoisotopic (exact) mass is 259 g/mol. The third-order valence-corrected chi connectivity index (χ3v) is 3.20. The number of nitrogens with zero attached hydrogens (tertiary/aromatic N) is 4. The maximum Gasteiger partial charge on any atom is 0.0756 e. The Morgan fingerprint density at radius 1 is 1.37 bits per heavy atom. The average molecular weight is 259 g/mol. The van der Waals surface area contributed by atoms with Crippen LogP contribution < -0.4 is 5.32 Å². The van der Waals surface area contributed by atoms with Crippen molar-refractivity contribution in [2.75, 3.05) is 7.05 Å². The fourth-order valence-electron chi connectivity index (χ4n) is 2.20. The molecule has 19 heavy (non-hydrogen) atoms. The molecule has 0 fully saturated rings. The lowest BCUT2D eigenvalue weighted by atomic mass is 10.1. The predicted molar refractivity (Wildman–Crippen MR) is 74.7 cm³/mol. The van der Waals surface area contributed by atoms with Crippen LogP contribution in [0.3, 0.4) is 0 Å². The van der Waals surface area contributed by atoms with Gasteiger partial charge in [-0.1, -0.05) is 18.2 Å². The molecule has 0 aliphatic heterocycles. The minimum Gasteiger partial charge on any atom is -0.312 e. The summed E-state index contributed by atoms with van der Waals surface area (Å²) in [5, 5.41) is 11.5. The number of pyridine rings is 1. The highest BCUT2D eigenvalue weighted by atomic mass is 15.4. The Balaban J connectivity index is 2.01. The summed E-state index contributed by atoms with van der Waals surface area (Å²) < 4.78 is 1.99. The number of aromatic nitrogens is 4. The maximum atomic E-state index is 4.36. The van der Waals surface area contributed by atoms with Crippen LogP contribution in [-0.2, 0) is 13.0 Å². The lowest BCUT2D eigenvalue weighted by Gasteiger charge is -2.16. The van der Waals surface area contributed by atoms with Gasteiger partial charge in [0, 0.05) is 18.4 Å².